The number of hydrogen-bond donors (Lipinski definition) is 2. The molecule has 0 fully saturated rings. The Balaban J connectivity index is 3.53. The van der Waals surface area contributed by atoms with E-state index in [9.17, 15) is 4.79 Å². The van der Waals surface area contributed by atoms with Crippen LogP contribution in [0, 0.1) is 0 Å². The molecule has 0 unspecified atom stereocenters. The van der Waals surface area contributed by atoms with Crippen LogP contribution in [0.1, 0.15) is 13.3 Å². The molecule has 0 aliphatic rings. The molecule has 0 aromatic heterocycles. The average Bonchev–Trinajstić information content (AvgIpc) is 1.97. The Bertz CT molecular complexity index is 173. The van der Waals surface area contributed by atoms with Gasteiger partial charge in [-0.2, -0.15) is 0 Å². The molecule has 0 amide bonds. The molecule has 0 atom stereocenters. The first kappa shape index (κ1) is 9.75. The third-order valence-electron chi connectivity index (χ3n) is 1.02. The molecule has 0 radical (unpaired) electrons. The molecule has 3 nitrogen and oxygen atoms in total. The van der Waals surface area contributed by atoms with Gasteiger partial charge in [-0.15, -0.1) is 0 Å². The van der Waals surface area contributed by atoms with E-state index < -0.39 is 5.97 Å². The second kappa shape index (κ2) is 5.53. The van der Waals surface area contributed by atoms with E-state index in [1.807, 2.05) is 13.0 Å². The van der Waals surface area contributed by atoms with Crippen LogP contribution >= 0.6 is 0 Å². The highest BCUT2D eigenvalue weighted by Crippen LogP contribution is 1.88. The van der Waals surface area contributed by atoms with Gasteiger partial charge in [-0.1, -0.05) is 19.6 Å². The van der Waals surface area contributed by atoms with Crippen LogP contribution in [-0.2, 0) is 4.79 Å². The van der Waals surface area contributed by atoms with E-state index in [0.29, 0.717) is 5.70 Å². The van der Waals surface area contributed by atoms with Crippen LogP contribution < -0.4 is 5.32 Å². The zero-order chi connectivity index (χ0) is 8.69. The van der Waals surface area contributed by atoms with Gasteiger partial charge in [0.25, 0.3) is 0 Å². The highest BCUT2D eigenvalue weighted by atomic mass is 16.4. The second-order valence-electron chi connectivity index (χ2n) is 2.08. The number of allylic oxidation sites excluding steroid dienone is 2. The molecular weight excluding hydrogens is 142 g/mol. The lowest BCUT2D eigenvalue weighted by Crippen LogP contribution is -2.20. The minimum atomic E-state index is -0.879. The molecule has 0 aliphatic carbocycles. The van der Waals surface area contributed by atoms with Crippen molar-refractivity contribution >= 4 is 5.97 Å². The quantitative estimate of drug-likeness (QED) is 0.585. The fourth-order valence-electron chi connectivity index (χ4n) is 0.508. The molecule has 0 bridgehead atoms. The summed E-state index contributed by atoms with van der Waals surface area (Å²) >= 11 is 0. The van der Waals surface area contributed by atoms with Gasteiger partial charge in [0.2, 0.25) is 0 Å². The largest absolute Gasteiger partial charge is 0.480 e. The minimum absolute atomic E-state index is 0.0765. The Kier molecular flexibility index (Phi) is 4.90. The first-order chi connectivity index (χ1) is 5.16. The smallest absolute Gasteiger partial charge is 0.322 e. The summed E-state index contributed by atoms with van der Waals surface area (Å²) in [5.74, 6) is -0.879. The summed E-state index contributed by atoms with van der Waals surface area (Å²) in [6.07, 6.45) is 4.61. The van der Waals surface area contributed by atoms with E-state index >= 15 is 0 Å². The Morgan fingerprint density at radius 2 is 2.36 bits per heavy atom. The Morgan fingerprint density at radius 3 is 2.82 bits per heavy atom. The molecule has 11 heavy (non-hydrogen) atoms. The second-order valence-corrected chi connectivity index (χ2v) is 2.08. The Morgan fingerprint density at radius 1 is 1.73 bits per heavy atom. The molecule has 0 spiro atoms. The van der Waals surface area contributed by atoms with Crippen molar-refractivity contribution < 1.29 is 9.90 Å². The maximum atomic E-state index is 10.0. The summed E-state index contributed by atoms with van der Waals surface area (Å²) in [4.78, 5) is 10.0. The van der Waals surface area contributed by atoms with E-state index in [1.165, 1.54) is 0 Å². The molecular formula is C8H13NO2. The van der Waals surface area contributed by atoms with Crippen LogP contribution in [0.5, 0.6) is 0 Å². The number of carbonyl (C=O) groups is 1. The highest BCUT2D eigenvalue weighted by molar-refractivity contribution is 5.69. The van der Waals surface area contributed by atoms with Crippen LogP contribution in [-0.4, -0.2) is 17.6 Å². The average molecular weight is 155 g/mol. The third-order valence-corrected chi connectivity index (χ3v) is 1.02. The van der Waals surface area contributed by atoms with Gasteiger partial charge < -0.3 is 10.4 Å². The molecule has 0 aromatic carbocycles. The van der Waals surface area contributed by atoms with Crippen molar-refractivity contribution in [1.82, 2.24) is 5.32 Å². The zero-order valence-electron chi connectivity index (χ0n) is 6.63. The maximum Gasteiger partial charge on any atom is 0.322 e. The van der Waals surface area contributed by atoms with Crippen molar-refractivity contribution in [2.75, 3.05) is 6.54 Å². The Hall–Kier alpha value is -1.25. The van der Waals surface area contributed by atoms with Gasteiger partial charge in [0.05, 0.1) is 0 Å². The number of aliphatic carboxylic acids is 1. The minimum Gasteiger partial charge on any atom is -0.480 e. The molecule has 62 valence electrons. The normalized spacial score (nSPS) is 9.91. The first-order valence-corrected chi connectivity index (χ1v) is 3.48. The standard InChI is InChI=1S/C8H13NO2/c1-3-4-5-7(2)9-6-8(10)11/h4-5,9H,2-3,6H2,1H3,(H,10,11)/b5-4-. The summed E-state index contributed by atoms with van der Waals surface area (Å²) in [5.41, 5.74) is 0.634. The lowest BCUT2D eigenvalue weighted by atomic mass is 10.3. The van der Waals surface area contributed by atoms with Crippen molar-refractivity contribution in [3.05, 3.63) is 24.4 Å². The van der Waals surface area contributed by atoms with Crippen molar-refractivity contribution in [2.45, 2.75) is 13.3 Å². The van der Waals surface area contributed by atoms with Crippen molar-refractivity contribution in [3.63, 3.8) is 0 Å². The van der Waals surface area contributed by atoms with E-state index in [1.54, 1.807) is 6.08 Å². The van der Waals surface area contributed by atoms with Gasteiger partial charge >= 0.3 is 5.97 Å². The third kappa shape index (κ3) is 6.64. The molecule has 0 saturated carbocycles. The number of rotatable bonds is 5. The van der Waals surface area contributed by atoms with E-state index in [0.717, 1.165) is 6.42 Å². The van der Waals surface area contributed by atoms with Gasteiger partial charge in [-0.3, -0.25) is 4.79 Å². The molecule has 3 heteroatoms. The predicted octanol–water partition coefficient (Wildman–Crippen LogP) is 1.14. The predicted molar refractivity (Wildman–Crippen MR) is 44.2 cm³/mol. The maximum absolute atomic E-state index is 10.0. The van der Waals surface area contributed by atoms with Crippen molar-refractivity contribution in [1.29, 1.82) is 0 Å². The van der Waals surface area contributed by atoms with E-state index in [2.05, 4.69) is 11.9 Å². The van der Waals surface area contributed by atoms with Crippen molar-refractivity contribution in [2.24, 2.45) is 0 Å². The molecule has 0 aromatic rings. The molecule has 2 N–H and O–H groups in total. The molecule has 0 heterocycles. The molecule has 0 aliphatic heterocycles. The van der Waals surface area contributed by atoms with Crippen LogP contribution in [0.3, 0.4) is 0 Å². The monoisotopic (exact) mass is 155 g/mol. The fraction of sp³-hybridized carbons (Fsp3) is 0.375. The highest BCUT2D eigenvalue weighted by Gasteiger charge is 1.93. The van der Waals surface area contributed by atoms with Crippen LogP contribution in [0.4, 0.5) is 0 Å². The van der Waals surface area contributed by atoms with Gasteiger partial charge in [0, 0.05) is 5.70 Å². The van der Waals surface area contributed by atoms with Crippen LogP contribution in [0.25, 0.3) is 0 Å². The summed E-state index contributed by atoms with van der Waals surface area (Å²) in [5, 5.41) is 10.9. The molecule has 0 rings (SSSR count). The van der Waals surface area contributed by atoms with E-state index in [4.69, 9.17) is 5.11 Å². The molecule has 0 saturated heterocycles. The van der Waals surface area contributed by atoms with Crippen LogP contribution in [0.2, 0.25) is 0 Å². The van der Waals surface area contributed by atoms with Gasteiger partial charge in [0.15, 0.2) is 0 Å². The summed E-state index contributed by atoms with van der Waals surface area (Å²) in [6.45, 7) is 5.53. The SMILES string of the molecule is C=C(/C=C\CC)NCC(=O)O. The topological polar surface area (TPSA) is 49.3 Å². The van der Waals surface area contributed by atoms with Crippen molar-refractivity contribution in [3.8, 4) is 0 Å². The number of nitrogens with one attached hydrogen (secondary N) is 1. The van der Waals surface area contributed by atoms with Gasteiger partial charge in [-0.05, 0) is 12.5 Å². The van der Waals surface area contributed by atoms with Gasteiger partial charge in [-0.25, -0.2) is 0 Å². The number of hydrogen-bond acceptors (Lipinski definition) is 2. The zero-order valence-corrected chi connectivity index (χ0v) is 6.63. The summed E-state index contributed by atoms with van der Waals surface area (Å²) in [6, 6.07) is 0. The van der Waals surface area contributed by atoms with E-state index in [-0.39, 0.29) is 6.54 Å². The van der Waals surface area contributed by atoms with Gasteiger partial charge in [0.1, 0.15) is 6.54 Å². The summed E-state index contributed by atoms with van der Waals surface area (Å²) < 4.78 is 0. The fourth-order valence-corrected chi connectivity index (χ4v) is 0.508. The lowest BCUT2D eigenvalue weighted by molar-refractivity contribution is -0.135. The summed E-state index contributed by atoms with van der Waals surface area (Å²) in [7, 11) is 0. The lowest BCUT2D eigenvalue weighted by Gasteiger charge is -2.00. The Labute approximate surface area is 66.4 Å². The first-order valence-electron chi connectivity index (χ1n) is 3.48. The number of carboxylic acids is 1. The number of carboxylic acid groups (broad SMARTS) is 1. The van der Waals surface area contributed by atoms with Crippen LogP contribution in [0.15, 0.2) is 24.4 Å².